The van der Waals surface area contributed by atoms with Crippen molar-refractivity contribution in [2.45, 2.75) is 25.7 Å². The first-order chi connectivity index (χ1) is 8.74. The number of hydrogen-bond donors (Lipinski definition) is 1. The van der Waals surface area contributed by atoms with Gasteiger partial charge in [0.05, 0.1) is 0 Å². The summed E-state index contributed by atoms with van der Waals surface area (Å²) in [6.45, 7) is 3.17. The van der Waals surface area contributed by atoms with Crippen LogP contribution in [0.2, 0.25) is 0 Å². The molecule has 3 heteroatoms. The molecule has 1 saturated heterocycles. The van der Waals surface area contributed by atoms with Crippen molar-refractivity contribution in [3.63, 3.8) is 0 Å². The second-order valence-electron chi connectivity index (χ2n) is 5.14. The number of rotatable bonds is 6. The first-order valence-electron chi connectivity index (χ1n) is 6.72. The number of hydrogen-bond acceptors (Lipinski definition) is 2. The number of benzene rings is 1. The molecule has 1 fully saturated rings. The highest BCUT2D eigenvalue weighted by Gasteiger charge is 2.22. The van der Waals surface area contributed by atoms with Crippen LogP contribution in [0.4, 0.5) is 0 Å². The zero-order chi connectivity index (χ0) is 12.8. The molecule has 1 aromatic rings. The zero-order valence-electron chi connectivity index (χ0n) is 10.7. The van der Waals surface area contributed by atoms with Gasteiger partial charge in [0.25, 0.3) is 0 Å². The smallest absolute Gasteiger partial charge is 0.303 e. The molecule has 0 aromatic heterocycles. The van der Waals surface area contributed by atoms with Crippen LogP contribution in [0.25, 0.3) is 0 Å². The molecule has 98 valence electrons. The Morgan fingerprint density at radius 1 is 1.33 bits per heavy atom. The molecule has 1 N–H and O–H groups in total. The van der Waals surface area contributed by atoms with E-state index >= 15 is 0 Å². The maximum absolute atomic E-state index is 10.5. The average Bonchev–Trinajstić information content (AvgIpc) is 2.78. The molecule has 3 nitrogen and oxygen atoms in total. The number of carboxylic acid groups (broad SMARTS) is 1. The van der Waals surface area contributed by atoms with E-state index in [0.29, 0.717) is 6.42 Å². The van der Waals surface area contributed by atoms with Gasteiger partial charge in [-0.2, -0.15) is 0 Å². The van der Waals surface area contributed by atoms with E-state index in [-0.39, 0.29) is 0 Å². The van der Waals surface area contributed by atoms with Gasteiger partial charge in [-0.3, -0.25) is 4.79 Å². The summed E-state index contributed by atoms with van der Waals surface area (Å²) in [5, 5.41) is 8.62. The maximum atomic E-state index is 10.5. The van der Waals surface area contributed by atoms with E-state index < -0.39 is 5.97 Å². The Morgan fingerprint density at radius 2 is 2.11 bits per heavy atom. The summed E-state index contributed by atoms with van der Waals surface area (Å²) in [7, 11) is 0. The molecule has 0 spiro atoms. The lowest BCUT2D eigenvalue weighted by Crippen LogP contribution is -2.22. The van der Waals surface area contributed by atoms with Gasteiger partial charge in [-0.25, -0.2) is 0 Å². The Morgan fingerprint density at radius 3 is 2.83 bits per heavy atom. The fourth-order valence-corrected chi connectivity index (χ4v) is 2.68. The highest BCUT2D eigenvalue weighted by Crippen LogP contribution is 2.20. The third-order valence-corrected chi connectivity index (χ3v) is 3.60. The second-order valence-corrected chi connectivity index (χ2v) is 5.14. The third-order valence-electron chi connectivity index (χ3n) is 3.60. The van der Waals surface area contributed by atoms with E-state index in [1.807, 2.05) is 0 Å². The number of carboxylic acids is 1. The summed E-state index contributed by atoms with van der Waals surface area (Å²) in [6.07, 6.45) is 3.45. The largest absolute Gasteiger partial charge is 0.481 e. The predicted molar refractivity (Wildman–Crippen MR) is 71.6 cm³/mol. The van der Waals surface area contributed by atoms with Gasteiger partial charge in [-0.1, -0.05) is 30.3 Å². The van der Waals surface area contributed by atoms with Gasteiger partial charge in [0.1, 0.15) is 0 Å². The lowest BCUT2D eigenvalue weighted by Gasteiger charge is -2.15. The van der Waals surface area contributed by atoms with Crippen molar-refractivity contribution in [2.24, 2.45) is 5.92 Å². The predicted octanol–water partition coefficient (Wildman–Crippen LogP) is 2.42. The van der Waals surface area contributed by atoms with E-state index in [4.69, 9.17) is 5.11 Å². The van der Waals surface area contributed by atoms with E-state index in [2.05, 4.69) is 35.2 Å². The van der Waals surface area contributed by atoms with Crippen LogP contribution in [0, 0.1) is 5.92 Å². The molecule has 1 aliphatic heterocycles. The van der Waals surface area contributed by atoms with Crippen molar-refractivity contribution in [1.29, 1.82) is 0 Å². The SMILES string of the molecule is O=C(O)CCCN1CCC(Cc2ccccc2)C1. The molecule has 18 heavy (non-hydrogen) atoms. The lowest BCUT2D eigenvalue weighted by molar-refractivity contribution is -0.137. The van der Waals surface area contributed by atoms with Crippen LogP contribution in [0.5, 0.6) is 0 Å². The van der Waals surface area contributed by atoms with Crippen molar-refractivity contribution < 1.29 is 9.90 Å². The highest BCUT2D eigenvalue weighted by molar-refractivity contribution is 5.66. The molecule has 0 bridgehead atoms. The Kier molecular flexibility index (Phi) is 4.76. The molecular formula is C15H21NO2. The number of nitrogens with zero attached hydrogens (tertiary/aromatic N) is 1. The highest BCUT2D eigenvalue weighted by atomic mass is 16.4. The number of likely N-dealkylation sites (tertiary alicyclic amines) is 1. The molecule has 0 radical (unpaired) electrons. The topological polar surface area (TPSA) is 40.5 Å². The summed E-state index contributed by atoms with van der Waals surface area (Å²) in [5.41, 5.74) is 1.41. The summed E-state index contributed by atoms with van der Waals surface area (Å²) >= 11 is 0. The monoisotopic (exact) mass is 247 g/mol. The molecule has 1 atom stereocenters. The van der Waals surface area contributed by atoms with Gasteiger partial charge in [-0.05, 0) is 43.8 Å². The van der Waals surface area contributed by atoms with Crippen LogP contribution in [-0.4, -0.2) is 35.6 Å². The first kappa shape index (κ1) is 13.1. The minimum atomic E-state index is -0.685. The molecule has 1 aromatic carbocycles. The Labute approximate surface area is 108 Å². The number of aliphatic carboxylic acids is 1. The molecule has 0 amide bonds. The van der Waals surface area contributed by atoms with Crippen LogP contribution in [0.15, 0.2) is 30.3 Å². The molecule has 0 aliphatic carbocycles. The second kappa shape index (κ2) is 6.55. The lowest BCUT2D eigenvalue weighted by atomic mass is 9.99. The van der Waals surface area contributed by atoms with Gasteiger partial charge in [0.15, 0.2) is 0 Å². The molecule has 0 saturated carbocycles. The van der Waals surface area contributed by atoms with Gasteiger partial charge >= 0.3 is 5.97 Å². The Bertz CT molecular complexity index is 377. The van der Waals surface area contributed by atoms with E-state index in [0.717, 1.165) is 38.4 Å². The Hall–Kier alpha value is -1.35. The Balaban J connectivity index is 1.70. The van der Waals surface area contributed by atoms with Crippen LogP contribution in [-0.2, 0) is 11.2 Å². The van der Waals surface area contributed by atoms with Crippen LogP contribution < -0.4 is 0 Å². The van der Waals surface area contributed by atoms with Gasteiger partial charge in [-0.15, -0.1) is 0 Å². The van der Waals surface area contributed by atoms with Gasteiger partial charge in [0, 0.05) is 13.0 Å². The van der Waals surface area contributed by atoms with Crippen LogP contribution in [0.1, 0.15) is 24.8 Å². The van der Waals surface area contributed by atoms with E-state index in [1.165, 1.54) is 12.0 Å². The van der Waals surface area contributed by atoms with Crippen molar-refractivity contribution in [1.82, 2.24) is 4.90 Å². The summed E-state index contributed by atoms with van der Waals surface area (Å²) in [5.74, 6) is 0.0484. The minimum Gasteiger partial charge on any atom is -0.481 e. The van der Waals surface area contributed by atoms with Crippen molar-refractivity contribution in [3.8, 4) is 0 Å². The third kappa shape index (κ3) is 4.15. The minimum absolute atomic E-state index is 0.292. The van der Waals surface area contributed by atoms with Gasteiger partial charge in [0.2, 0.25) is 0 Å². The van der Waals surface area contributed by atoms with Gasteiger partial charge < -0.3 is 10.0 Å². The zero-order valence-corrected chi connectivity index (χ0v) is 10.7. The summed E-state index contributed by atoms with van der Waals surface area (Å²) < 4.78 is 0. The van der Waals surface area contributed by atoms with Crippen molar-refractivity contribution in [3.05, 3.63) is 35.9 Å². The number of carbonyl (C=O) groups is 1. The molecule has 2 rings (SSSR count). The molecule has 1 unspecified atom stereocenters. The first-order valence-corrected chi connectivity index (χ1v) is 6.72. The fourth-order valence-electron chi connectivity index (χ4n) is 2.68. The normalized spacial score (nSPS) is 20.1. The average molecular weight is 247 g/mol. The van der Waals surface area contributed by atoms with E-state index in [1.54, 1.807) is 0 Å². The quantitative estimate of drug-likeness (QED) is 0.839. The van der Waals surface area contributed by atoms with Crippen molar-refractivity contribution >= 4 is 5.97 Å². The summed E-state index contributed by atoms with van der Waals surface area (Å²) in [4.78, 5) is 12.9. The maximum Gasteiger partial charge on any atom is 0.303 e. The molecule has 1 heterocycles. The molecular weight excluding hydrogens is 226 g/mol. The van der Waals surface area contributed by atoms with E-state index in [9.17, 15) is 4.79 Å². The fraction of sp³-hybridized carbons (Fsp3) is 0.533. The van der Waals surface area contributed by atoms with Crippen molar-refractivity contribution in [2.75, 3.05) is 19.6 Å². The molecule has 1 aliphatic rings. The standard InChI is InChI=1S/C15H21NO2/c17-15(18)7-4-9-16-10-8-14(12-16)11-13-5-2-1-3-6-13/h1-3,5-6,14H,4,7-12H2,(H,17,18). The van der Waals surface area contributed by atoms with Crippen LogP contribution >= 0.6 is 0 Å². The summed E-state index contributed by atoms with van der Waals surface area (Å²) in [6, 6.07) is 10.6. The van der Waals surface area contributed by atoms with Crippen LogP contribution in [0.3, 0.4) is 0 Å².